The van der Waals surface area contributed by atoms with Gasteiger partial charge in [0.15, 0.2) is 6.10 Å². The van der Waals surface area contributed by atoms with E-state index in [1.807, 2.05) is 29.2 Å². The lowest BCUT2D eigenvalue weighted by Crippen LogP contribution is -2.42. The summed E-state index contributed by atoms with van der Waals surface area (Å²) in [7, 11) is 0. The molecule has 0 spiro atoms. The fraction of sp³-hybridized carbons (Fsp3) is 0.500. The van der Waals surface area contributed by atoms with Crippen molar-refractivity contribution in [1.82, 2.24) is 10.2 Å². The number of carbonyl (C=O) groups is 1. The lowest BCUT2D eigenvalue weighted by molar-refractivity contribution is -0.137. The van der Waals surface area contributed by atoms with Crippen LogP contribution in [0.2, 0.25) is 0 Å². The summed E-state index contributed by atoms with van der Waals surface area (Å²) in [5, 5.41) is 3.29. The maximum absolute atomic E-state index is 12.3. The normalized spacial score (nSPS) is 16.8. The van der Waals surface area contributed by atoms with Crippen LogP contribution in [0.3, 0.4) is 0 Å². The largest absolute Gasteiger partial charge is 0.480 e. The first-order valence-electron chi connectivity index (χ1n) is 6.59. The molecule has 0 bridgehead atoms. The molecule has 112 valence electrons. The van der Waals surface area contributed by atoms with Gasteiger partial charge in [0.1, 0.15) is 5.75 Å². The third-order valence-corrected chi connectivity index (χ3v) is 3.80. The van der Waals surface area contributed by atoms with Crippen molar-refractivity contribution in [2.75, 3.05) is 26.2 Å². The summed E-state index contributed by atoms with van der Waals surface area (Å²) >= 11 is 3.42. The number of nitrogens with one attached hydrogen (secondary N) is 1. The summed E-state index contributed by atoms with van der Waals surface area (Å²) in [6.07, 6.45) is 0.532. The lowest BCUT2D eigenvalue weighted by Gasteiger charge is -2.24. The molecule has 0 radical (unpaired) electrons. The Balaban J connectivity index is 0.00000200. The van der Waals surface area contributed by atoms with Gasteiger partial charge in [0.05, 0.1) is 4.47 Å². The molecule has 1 amide bonds. The fourth-order valence-electron chi connectivity index (χ4n) is 2.10. The molecule has 1 aliphatic rings. The summed E-state index contributed by atoms with van der Waals surface area (Å²) in [4.78, 5) is 14.2. The first-order chi connectivity index (χ1) is 9.18. The molecule has 2 rings (SSSR count). The quantitative estimate of drug-likeness (QED) is 0.897. The molecule has 6 heteroatoms. The Morgan fingerprint density at radius 1 is 1.35 bits per heavy atom. The topological polar surface area (TPSA) is 41.6 Å². The molecule has 1 aromatic carbocycles. The predicted octanol–water partition coefficient (Wildman–Crippen LogP) is 2.46. The number of nitrogens with zero attached hydrogens (tertiary/aromatic N) is 1. The van der Waals surface area contributed by atoms with Crippen LogP contribution in [0.25, 0.3) is 0 Å². The van der Waals surface area contributed by atoms with Crippen molar-refractivity contribution in [3.8, 4) is 5.75 Å². The Hall–Kier alpha value is -0.780. The highest BCUT2D eigenvalue weighted by Crippen LogP contribution is 2.25. The summed E-state index contributed by atoms with van der Waals surface area (Å²) in [6.45, 7) is 5.19. The monoisotopic (exact) mass is 362 g/mol. The van der Waals surface area contributed by atoms with Crippen molar-refractivity contribution in [3.05, 3.63) is 28.7 Å². The van der Waals surface area contributed by atoms with Gasteiger partial charge >= 0.3 is 0 Å². The van der Waals surface area contributed by atoms with E-state index in [2.05, 4.69) is 21.2 Å². The van der Waals surface area contributed by atoms with Crippen molar-refractivity contribution >= 4 is 34.2 Å². The van der Waals surface area contributed by atoms with Gasteiger partial charge < -0.3 is 15.0 Å². The molecule has 4 nitrogen and oxygen atoms in total. The Bertz CT molecular complexity index is 437. The molecule has 20 heavy (non-hydrogen) atoms. The molecule has 1 aromatic rings. The van der Waals surface area contributed by atoms with Crippen LogP contribution in [-0.4, -0.2) is 43.1 Å². The third kappa shape index (κ3) is 4.65. The maximum Gasteiger partial charge on any atom is 0.263 e. The van der Waals surface area contributed by atoms with Gasteiger partial charge in [0.25, 0.3) is 5.91 Å². The first-order valence-corrected chi connectivity index (χ1v) is 7.38. The Labute approximate surface area is 134 Å². The van der Waals surface area contributed by atoms with Crippen LogP contribution in [0.4, 0.5) is 0 Å². The highest BCUT2D eigenvalue weighted by molar-refractivity contribution is 9.10. The number of ether oxygens (including phenoxy) is 1. The minimum atomic E-state index is -0.461. The minimum absolute atomic E-state index is 0. The van der Waals surface area contributed by atoms with E-state index in [-0.39, 0.29) is 18.3 Å². The standard InChI is InChI=1S/C14H19BrN2O2.ClH/c1-11(19-13-6-3-2-5-12(13)15)14(18)17-9-4-7-16-8-10-17;/h2-3,5-6,11,16H,4,7-10H2,1H3;1H. The molecule has 1 heterocycles. The van der Waals surface area contributed by atoms with E-state index in [0.29, 0.717) is 5.75 Å². The minimum Gasteiger partial charge on any atom is -0.480 e. The van der Waals surface area contributed by atoms with Crippen molar-refractivity contribution < 1.29 is 9.53 Å². The van der Waals surface area contributed by atoms with Crippen molar-refractivity contribution in [2.45, 2.75) is 19.4 Å². The van der Waals surface area contributed by atoms with Gasteiger partial charge in [-0.2, -0.15) is 0 Å². The Kier molecular flexibility index (Phi) is 7.34. The number of carbonyl (C=O) groups excluding carboxylic acids is 1. The van der Waals surface area contributed by atoms with Gasteiger partial charge in [-0.1, -0.05) is 12.1 Å². The molecular formula is C14H20BrClN2O2. The van der Waals surface area contributed by atoms with Gasteiger partial charge in [0.2, 0.25) is 0 Å². The second-order valence-electron chi connectivity index (χ2n) is 4.62. The molecule has 0 aromatic heterocycles. The van der Waals surface area contributed by atoms with Crippen LogP contribution < -0.4 is 10.1 Å². The number of benzene rings is 1. The SMILES string of the molecule is CC(Oc1ccccc1Br)C(=O)N1CCCNCC1.Cl. The lowest BCUT2D eigenvalue weighted by atomic mass is 10.3. The van der Waals surface area contributed by atoms with Crippen LogP contribution in [0.15, 0.2) is 28.7 Å². The molecule has 1 saturated heterocycles. The van der Waals surface area contributed by atoms with Crippen LogP contribution in [0.5, 0.6) is 5.75 Å². The number of halogens is 2. The average molecular weight is 364 g/mol. The Morgan fingerprint density at radius 3 is 2.85 bits per heavy atom. The van der Waals surface area contributed by atoms with Crippen molar-refractivity contribution in [1.29, 1.82) is 0 Å². The van der Waals surface area contributed by atoms with E-state index in [9.17, 15) is 4.79 Å². The third-order valence-electron chi connectivity index (χ3n) is 3.14. The summed E-state index contributed by atoms with van der Waals surface area (Å²) in [6, 6.07) is 7.58. The maximum atomic E-state index is 12.3. The zero-order valence-electron chi connectivity index (χ0n) is 11.5. The molecule has 0 aliphatic carbocycles. The van der Waals surface area contributed by atoms with E-state index < -0.39 is 6.10 Å². The highest BCUT2D eigenvalue weighted by atomic mass is 79.9. The van der Waals surface area contributed by atoms with Crippen molar-refractivity contribution in [2.24, 2.45) is 0 Å². The van der Waals surface area contributed by atoms with Crippen LogP contribution in [-0.2, 0) is 4.79 Å². The Morgan fingerprint density at radius 2 is 2.10 bits per heavy atom. The van der Waals surface area contributed by atoms with Gasteiger partial charge in [0, 0.05) is 19.6 Å². The zero-order chi connectivity index (χ0) is 13.7. The number of rotatable bonds is 3. The average Bonchev–Trinajstić information content (AvgIpc) is 2.69. The number of hydrogen-bond donors (Lipinski definition) is 1. The molecule has 1 aliphatic heterocycles. The zero-order valence-corrected chi connectivity index (χ0v) is 13.9. The second kappa shape index (κ2) is 8.49. The molecule has 1 fully saturated rings. The van der Waals surface area contributed by atoms with Crippen LogP contribution >= 0.6 is 28.3 Å². The van der Waals surface area contributed by atoms with E-state index in [4.69, 9.17) is 4.74 Å². The number of amides is 1. The molecule has 1 atom stereocenters. The van der Waals surface area contributed by atoms with E-state index in [1.165, 1.54) is 0 Å². The number of para-hydroxylation sites is 1. The predicted molar refractivity (Wildman–Crippen MR) is 85.5 cm³/mol. The smallest absolute Gasteiger partial charge is 0.263 e. The van der Waals surface area contributed by atoms with Gasteiger partial charge in [-0.25, -0.2) is 0 Å². The van der Waals surface area contributed by atoms with Crippen LogP contribution in [0.1, 0.15) is 13.3 Å². The van der Waals surface area contributed by atoms with Crippen LogP contribution in [0, 0.1) is 0 Å². The second-order valence-corrected chi connectivity index (χ2v) is 5.47. The summed E-state index contributed by atoms with van der Waals surface area (Å²) in [5.74, 6) is 0.760. The number of hydrogen-bond acceptors (Lipinski definition) is 3. The van der Waals surface area contributed by atoms with E-state index in [1.54, 1.807) is 6.92 Å². The summed E-state index contributed by atoms with van der Waals surface area (Å²) in [5.41, 5.74) is 0. The van der Waals surface area contributed by atoms with E-state index in [0.717, 1.165) is 37.1 Å². The fourth-order valence-corrected chi connectivity index (χ4v) is 2.48. The van der Waals surface area contributed by atoms with Crippen molar-refractivity contribution in [3.63, 3.8) is 0 Å². The molecule has 0 saturated carbocycles. The first kappa shape index (κ1) is 17.3. The van der Waals surface area contributed by atoms with Gasteiger partial charge in [-0.05, 0) is 48.0 Å². The van der Waals surface area contributed by atoms with Gasteiger partial charge in [-0.15, -0.1) is 12.4 Å². The van der Waals surface area contributed by atoms with E-state index >= 15 is 0 Å². The molecule has 1 unspecified atom stereocenters. The van der Waals surface area contributed by atoms with Gasteiger partial charge in [-0.3, -0.25) is 4.79 Å². The summed E-state index contributed by atoms with van der Waals surface area (Å²) < 4.78 is 6.61. The highest BCUT2D eigenvalue weighted by Gasteiger charge is 2.23. The molecular weight excluding hydrogens is 344 g/mol. The molecule has 1 N–H and O–H groups in total.